The molecule has 0 aliphatic carbocycles. The van der Waals surface area contributed by atoms with E-state index in [9.17, 15) is 4.79 Å². The van der Waals surface area contributed by atoms with Crippen LogP contribution in [0.15, 0.2) is 12.1 Å². The molecule has 0 radical (unpaired) electrons. The average Bonchev–Trinajstić information content (AvgIpc) is 2.68. The third-order valence-corrected chi connectivity index (χ3v) is 4.40. The van der Waals surface area contributed by atoms with Gasteiger partial charge in [-0.3, -0.25) is 4.79 Å². The predicted octanol–water partition coefficient (Wildman–Crippen LogP) is 2.17. The fraction of sp³-hybridized carbons (Fsp3) is 0.615. The maximum Gasteiger partial charge on any atom is 0.261 e. The van der Waals surface area contributed by atoms with Crippen molar-refractivity contribution in [3.8, 4) is 0 Å². The quantitative estimate of drug-likeness (QED) is 0.847. The van der Waals surface area contributed by atoms with Crippen molar-refractivity contribution in [1.82, 2.24) is 10.6 Å². The maximum absolute atomic E-state index is 12.1. The third-order valence-electron chi connectivity index (χ3n) is 3.40. The fourth-order valence-electron chi connectivity index (χ4n) is 2.22. The summed E-state index contributed by atoms with van der Waals surface area (Å²) in [5, 5.41) is 6.54. The highest BCUT2D eigenvalue weighted by Gasteiger charge is 2.33. The second-order valence-electron chi connectivity index (χ2n) is 5.39. The first-order valence-electron chi connectivity index (χ1n) is 6.07. The van der Waals surface area contributed by atoms with Gasteiger partial charge in [0.25, 0.3) is 5.91 Å². The van der Waals surface area contributed by atoms with Gasteiger partial charge in [-0.15, -0.1) is 11.3 Å². The third kappa shape index (κ3) is 2.87. The Labute approximate surface area is 107 Å². The number of aryl methyl sites for hydroxylation is 1. The van der Waals surface area contributed by atoms with E-state index in [0.29, 0.717) is 0 Å². The monoisotopic (exact) mass is 252 g/mol. The first kappa shape index (κ1) is 12.6. The van der Waals surface area contributed by atoms with E-state index < -0.39 is 0 Å². The summed E-state index contributed by atoms with van der Waals surface area (Å²) in [6.45, 7) is 8.36. The van der Waals surface area contributed by atoms with Crippen LogP contribution >= 0.6 is 11.3 Å². The van der Waals surface area contributed by atoms with Crippen LogP contribution in [0.5, 0.6) is 0 Å². The van der Waals surface area contributed by atoms with Crippen LogP contribution in [0.3, 0.4) is 0 Å². The summed E-state index contributed by atoms with van der Waals surface area (Å²) in [4.78, 5) is 14.1. The summed E-state index contributed by atoms with van der Waals surface area (Å²) in [5.74, 6) is 0.0723. The van der Waals surface area contributed by atoms with Crippen molar-refractivity contribution >= 4 is 17.2 Å². The Morgan fingerprint density at radius 1 is 1.53 bits per heavy atom. The second kappa shape index (κ2) is 4.78. The summed E-state index contributed by atoms with van der Waals surface area (Å²) in [5.41, 5.74) is 0.125. The van der Waals surface area contributed by atoms with Gasteiger partial charge in [0.1, 0.15) is 0 Å². The number of piperidine rings is 1. The van der Waals surface area contributed by atoms with Gasteiger partial charge in [-0.2, -0.15) is 0 Å². The molecule has 17 heavy (non-hydrogen) atoms. The minimum absolute atomic E-state index is 0.0723. The number of nitrogens with one attached hydrogen (secondary N) is 2. The zero-order chi connectivity index (χ0) is 12.5. The Bertz CT molecular complexity index is 411. The van der Waals surface area contributed by atoms with Crippen molar-refractivity contribution in [2.45, 2.75) is 33.2 Å². The molecular weight excluding hydrogens is 232 g/mol. The van der Waals surface area contributed by atoms with Crippen molar-refractivity contribution in [3.63, 3.8) is 0 Å². The van der Waals surface area contributed by atoms with Crippen LogP contribution in [-0.2, 0) is 0 Å². The van der Waals surface area contributed by atoms with E-state index in [1.807, 2.05) is 19.1 Å². The highest BCUT2D eigenvalue weighted by atomic mass is 32.1. The predicted molar refractivity (Wildman–Crippen MR) is 71.6 cm³/mol. The van der Waals surface area contributed by atoms with Gasteiger partial charge in [0, 0.05) is 17.5 Å². The number of carbonyl (C=O) groups excluding carboxylic acids is 1. The smallest absolute Gasteiger partial charge is 0.261 e. The molecule has 1 aromatic rings. The number of amides is 1. The molecule has 0 aromatic carbocycles. The number of hydrogen-bond donors (Lipinski definition) is 2. The highest BCUT2D eigenvalue weighted by Crippen LogP contribution is 2.25. The van der Waals surface area contributed by atoms with Crippen LogP contribution in [0.1, 0.15) is 34.8 Å². The van der Waals surface area contributed by atoms with Gasteiger partial charge in [0.2, 0.25) is 0 Å². The first-order chi connectivity index (χ1) is 7.99. The van der Waals surface area contributed by atoms with E-state index >= 15 is 0 Å². The lowest BCUT2D eigenvalue weighted by molar-refractivity contribution is 0.0873. The zero-order valence-corrected chi connectivity index (χ0v) is 11.5. The minimum atomic E-state index is 0.0723. The summed E-state index contributed by atoms with van der Waals surface area (Å²) in [7, 11) is 0. The number of hydrogen-bond acceptors (Lipinski definition) is 3. The molecule has 4 heteroatoms. The highest BCUT2D eigenvalue weighted by molar-refractivity contribution is 7.13. The molecule has 1 aromatic heterocycles. The van der Waals surface area contributed by atoms with E-state index in [2.05, 4.69) is 24.5 Å². The van der Waals surface area contributed by atoms with Crippen LogP contribution in [0.2, 0.25) is 0 Å². The van der Waals surface area contributed by atoms with Crippen LogP contribution < -0.4 is 10.6 Å². The Morgan fingerprint density at radius 2 is 2.29 bits per heavy atom. The van der Waals surface area contributed by atoms with Crippen LogP contribution in [0.4, 0.5) is 0 Å². The molecule has 1 unspecified atom stereocenters. The molecule has 2 heterocycles. The van der Waals surface area contributed by atoms with Crippen molar-refractivity contribution in [3.05, 3.63) is 21.9 Å². The molecule has 2 N–H and O–H groups in total. The Kier molecular flexibility index (Phi) is 3.54. The number of rotatable bonds is 2. The average molecular weight is 252 g/mol. The van der Waals surface area contributed by atoms with Crippen LogP contribution in [0, 0.1) is 12.3 Å². The topological polar surface area (TPSA) is 41.1 Å². The van der Waals surface area contributed by atoms with Crippen molar-refractivity contribution < 1.29 is 4.79 Å². The van der Waals surface area contributed by atoms with Crippen molar-refractivity contribution in [2.24, 2.45) is 5.41 Å². The Morgan fingerprint density at radius 3 is 2.88 bits per heavy atom. The standard InChI is InChI=1S/C13H20N2OS/c1-9-4-5-10(17-9)12(16)15-11-6-7-14-8-13(11,2)3/h4-5,11,14H,6-8H2,1-3H3,(H,15,16). The molecule has 1 saturated heterocycles. The Balaban J connectivity index is 2.03. The van der Waals surface area contributed by atoms with Gasteiger partial charge in [-0.25, -0.2) is 0 Å². The van der Waals surface area contributed by atoms with Gasteiger partial charge in [-0.05, 0) is 37.4 Å². The van der Waals surface area contributed by atoms with E-state index in [-0.39, 0.29) is 17.4 Å². The number of carbonyl (C=O) groups is 1. The molecule has 1 amide bonds. The molecule has 0 saturated carbocycles. The van der Waals surface area contributed by atoms with E-state index in [4.69, 9.17) is 0 Å². The van der Waals surface area contributed by atoms with Gasteiger partial charge in [0.15, 0.2) is 0 Å². The van der Waals surface area contributed by atoms with Crippen molar-refractivity contribution in [1.29, 1.82) is 0 Å². The van der Waals surface area contributed by atoms with E-state index in [1.54, 1.807) is 11.3 Å². The first-order valence-corrected chi connectivity index (χ1v) is 6.89. The van der Waals surface area contributed by atoms with Gasteiger partial charge in [0.05, 0.1) is 4.88 Å². The Hall–Kier alpha value is -0.870. The SMILES string of the molecule is Cc1ccc(C(=O)NC2CCNCC2(C)C)s1. The molecule has 94 valence electrons. The number of thiophene rings is 1. The molecular formula is C13H20N2OS. The summed E-state index contributed by atoms with van der Waals surface area (Å²) in [6, 6.07) is 4.16. The summed E-state index contributed by atoms with van der Waals surface area (Å²) >= 11 is 1.56. The largest absolute Gasteiger partial charge is 0.348 e. The van der Waals surface area contributed by atoms with E-state index in [1.165, 1.54) is 4.88 Å². The summed E-state index contributed by atoms with van der Waals surface area (Å²) in [6.07, 6.45) is 1.00. The van der Waals surface area contributed by atoms with Gasteiger partial charge in [-0.1, -0.05) is 13.8 Å². The molecule has 0 bridgehead atoms. The molecule has 1 fully saturated rings. The molecule has 3 nitrogen and oxygen atoms in total. The van der Waals surface area contributed by atoms with Gasteiger partial charge < -0.3 is 10.6 Å². The van der Waals surface area contributed by atoms with Crippen LogP contribution in [-0.4, -0.2) is 25.0 Å². The van der Waals surface area contributed by atoms with Crippen molar-refractivity contribution in [2.75, 3.05) is 13.1 Å². The fourth-order valence-corrected chi connectivity index (χ4v) is 3.00. The summed E-state index contributed by atoms with van der Waals surface area (Å²) < 4.78 is 0. The van der Waals surface area contributed by atoms with Crippen LogP contribution in [0.25, 0.3) is 0 Å². The normalized spacial score (nSPS) is 23.4. The molecule has 0 spiro atoms. The lowest BCUT2D eigenvalue weighted by atomic mass is 9.80. The molecule has 2 rings (SSSR count). The maximum atomic E-state index is 12.1. The molecule has 1 aliphatic heterocycles. The van der Waals surface area contributed by atoms with E-state index in [0.717, 1.165) is 24.4 Å². The lowest BCUT2D eigenvalue weighted by Crippen LogP contribution is -2.54. The zero-order valence-electron chi connectivity index (χ0n) is 10.7. The molecule has 1 aliphatic rings. The van der Waals surface area contributed by atoms with Gasteiger partial charge >= 0.3 is 0 Å². The lowest BCUT2D eigenvalue weighted by Gasteiger charge is -2.39. The molecule has 1 atom stereocenters. The second-order valence-corrected chi connectivity index (χ2v) is 6.68. The minimum Gasteiger partial charge on any atom is -0.348 e.